The fraction of sp³-hybridized carbons (Fsp3) is 0.667. The first-order valence-corrected chi connectivity index (χ1v) is 6.79. The zero-order valence-corrected chi connectivity index (χ0v) is 13.4. The molecule has 0 fully saturated rings. The summed E-state index contributed by atoms with van der Waals surface area (Å²) in [6, 6.07) is 0. The maximum absolute atomic E-state index is 11.1. The van der Waals surface area contributed by atoms with Crippen molar-refractivity contribution in [2.45, 2.75) is 68.2 Å². The Hall–Kier alpha value is -1.25. The summed E-state index contributed by atoms with van der Waals surface area (Å²) in [6.45, 7) is 17.6. The number of aromatic nitrogens is 2. The van der Waals surface area contributed by atoms with Crippen molar-refractivity contribution in [2.24, 2.45) is 0 Å². The van der Waals surface area contributed by atoms with Crippen LogP contribution in [0.2, 0.25) is 0 Å². The van der Waals surface area contributed by atoms with Crippen LogP contribution in [-0.4, -0.2) is 15.8 Å². The molecule has 0 bridgehead atoms. The van der Waals surface area contributed by atoms with Gasteiger partial charge in [-0.15, -0.1) is 0 Å². The van der Waals surface area contributed by atoms with Crippen molar-refractivity contribution in [3.05, 3.63) is 22.8 Å². The Morgan fingerprint density at radius 3 is 1.50 bits per heavy atom. The van der Waals surface area contributed by atoms with Gasteiger partial charge in [0.2, 0.25) is 0 Å². The molecule has 1 rings (SSSR count). The highest BCUT2D eigenvalue weighted by Crippen LogP contribution is 2.20. The van der Waals surface area contributed by atoms with Crippen LogP contribution in [0.1, 0.15) is 82.0 Å². The molecule has 0 aliphatic heterocycles. The monoisotopic (exact) mass is 252 g/mol. The number of aryl methyl sites for hydroxylation is 2. The Morgan fingerprint density at radius 1 is 0.944 bits per heavy atom. The van der Waals surface area contributed by atoms with Gasteiger partial charge in [0.25, 0.3) is 0 Å². The highest BCUT2D eigenvalue weighted by atomic mass is 16.1. The molecule has 0 spiro atoms. The minimum atomic E-state index is -0.0773. The number of carbonyl (C=O) groups excluding carboxylic acids is 1. The Bertz CT molecular complexity index is 348. The molecule has 0 saturated heterocycles. The minimum Gasteiger partial charge on any atom is -0.291 e. The van der Waals surface area contributed by atoms with Crippen LogP contribution in [0.4, 0.5) is 0 Å². The molecule has 0 radical (unpaired) electrons. The van der Waals surface area contributed by atoms with E-state index < -0.39 is 0 Å². The standard InChI is InChI=1S/C11H16N2O.2C2H6/c1-6(2)10-7(3)12-11(9(5)14)13-8(10)4;2*1-2/h6H,1-5H3;2*1-2H3. The summed E-state index contributed by atoms with van der Waals surface area (Å²) >= 11 is 0. The van der Waals surface area contributed by atoms with Crippen molar-refractivity contribution in [3.8, 4) is 0 Å². The van der Waals surface area contributed by atoms with Gasteiger partial charge in [-0.25, -0.2) is 9.97 Å². The first-order valence-electron chi connectivity index (χ1n) is 6.79. The van der Waals surface area contributed by atoms with E-state index in [9.17, 15) is 4.79 Å². The largest absolute Gasteiger partial charge is 0.291 e. The molecule has 3 heteroatoms. The van der Waals surface area contributed by atoms with Crippen molar-refractivity contribution in [1.29, 1.82) is 0 Å². The molecule has 0 N–H and O–H groups in total. The third-order valence-electron chi connectivity index (χ3n) is 2.22. The predicted molar refractivity (Wildman–Crippen MR) is 78.3 cm³/mol. The average molecular weight is 252 g/mol. The first-order chi connectivity index (χ1) is 8.43. The second-order valence-corrected chi connectivity index (χ2v) is 3.84. The molecule has 1 aromatic heterocycles. The van der Waals surface area contributed by atoms with Crippen molar-refractivity contribution in [2.75, 3.05) is 0 Å². The summed E-state index contributed by atoms with van der Waals surface area (Å²) in [7, 11) is 0. The molecular formula is C15H28N2O. The van der Waals surface area contributed by atoms with Crippen LogP contribution in [0.25, 0.3) is 0 Å². The molecule has 3 nitrogen and oxygen atoms in total. The second-order valence-electron chi connectivity index (χ2n) is 3.84. The minimum absolute atomic E-state index is 0.0773. The van der Waals surface area contributed by atoms with Crippen molar-refractivity contribution >= 4 is 5.78 Å². The number of rotatable bonds is 2. The zero-order chi connectivity index (χ0) is 14.9. The zero-order valence-electron chi connectivity index (χ0n) is 13.4. The van der Waals surface area contributed by atoms with E-state index >= 15 is 0 Å². The Morgan fingerprint density at radius 2 is 1.28 bits per heavy atom. The molecule has 1 heterocycles. The van der Waals surface area contributed by atoms with E-state index in [1.165, 1.54) is 6.92 Å². The van der Waals surface area contributed by atoms with Gasteiger partial charge in [0, 0.05) is 18.3 Å². The average Bonchev–Trinajstić information content (AvgIpc) is 2.32. The highest BCUT2D eigenvalue weighted by Gasteiger charge is 2.13. The van der Waals surface area contributed by atoms with Crippen molar-refractivity contribution < 1.29 is 4.79 Å². The topological polar surface area (TPSA) is 42.9 Å². The van der Waals surface area contributed by atoms with Crippen LogP contribution in [0, 0.1) is 13.8 Å². The smallest absolute Gasteiger partial charge is 0.196 e. The lowest BCUT2D eigenvalue weighted by Crippen LogP contribution is -2.09. The molecular weight excluding hydrogens is 224 g/mol. The lowest BCUT2D eigenvalue weighted by atomic mass is 10.00. The van der Waals surface area contributed by atoms with E-state index in [0.717, 1.165) is 17.0 Å². The molecule has 18 heavy (non-hydrogen) atoms. The molecule has 0 saturated carbocycles. The number of carbonyl (C=O) groups is 1. The summed E-state index contributed by atoms with van der Waals surface area (Å²) in [5.41, 5.74) is 2.98. The normalized spacial score (nSPS) is 9.00. The number of ketones is 1. The molecule has 0 aliphatic rings. The molecule has 0 atom stereocenters. The third-order valence-corrected chi connectivity index (χ3v) is 2.22. The predicted octanol–water partition coefficient (Wildman–Crippen LogP) is 4.47. The molecule has 0 unspecified atom stereocenters. The van der Waals surface area contributed by atoms with E-state index in [1.54, 1.807) is 0 Å². The second kappa shape index (κ2) is 9.75. The lowest BCUT2D eigenvalue weighted by molar-refractivity contribution is 0.100. The van der Waals surface area contributed by atoms with Gasteiger partial charge in [0.1, 0.15) is 0 Å². The fourth-order valence-corrected chi connectivity index (χ4v) is 1.72. The van der Waals surface area contributed by atoms with Gasteiger partial charge in [-0.2, -0.15) is 0 Å². The summed E-state index contributed by atoms with van der Waals surface area (Å²) in [5.74, 6) is 0.645. The van der Waals surface area contributed by atoms with Crippen LogP contribution in [0.15, 0.2) is 0 Å². The van der Waals surface area contributed by atoms with Gasteiger partial charge in [0.15, 0.2) is 11.6 Å². The quantitative estimate of drug-likeness (QED) is 0.729. The Balaban J connectivity index is 0. The lowest BCUT2D eigenvalue weighted by Gasteiger charge is -2.12. The van der Waals surface area contributed by atoms with Gasteiger partial charge in [-0.1, -0.05) is 41.5 Å². The Labute approximate surface area is 112 Å². The molecule has 0 aliphatic carbocycles. The SMILES string of the molecule is CC.CC.CC(=O)c1nc(C)c(C(C)C)c(C)n1. The van der Waals surface area contributed by atoms with Crippen molar-refractivity contribution in [1.82, 2.24) is 9.97 Å². The number of nitrogens with zero attached hydrogens (tertiary/aromatic N) is 2. The van der Waals surface area contributed by atoms with Crippen molar-refractivity contribution in [3.63, 3.8) is 0 Å². The fourth-order valence-electron chi connectivity index (χ4n) is 1.72. The number of hydrogen-bond donors (Lipinski definition) is 0. The molecule has 0 amide bonds. The Kier molecular flexibility index (Phi) is 10.3. The van der Waals surface area contributed by atoms with Gasteiger partial charge in [-0.05, 0) is 25.3 Å². The van der Waals surface area contributed by atoms with E-state index in [1.807, 2.05) is 41.5 Å². The summed E-state index contributed by atoms with van der Waals surface area (Å²) in [4.78, 5) is 19.5. The van der Waals surface area contributed by atoms with E-state index in [0.29, 0.717) is 11.7 Å². The van der Waals surface area contributed by atoms with Crippen LogP contribution in [0.3, 0.4) is 0 Å². The van der Waals surface area contributed by atoms with Crippen LogP contribution >= 0.6 is 0 Å². The van der Waals surface area contributed by atoms with E-state index in [4.69, 9.17) is 0 Å². The summed E-state index contributed by atoms with van der Waals surface area (Å²) < 4.78 is 0. The first kappa shape index (κ1) is 19.1. The van der Waals surface area contributed by atoms with Gasteiger partial charge in [-0.3, -0.25) is 4.79 Å². The maximum Gasteiger partial charge on any atom is 0.196 e. The highest BCUT2D eigenvalue weighted by molar-refractivity contribution is 5.90. The van der Waals surface area contributed by atoms with E-state index in [-0.39, 0.29) is 5.78 Å². The van der Waals surface area contributed by atoms with Crippen LogP contribution in [0.5, 0.6) is 0 Å². The van der Waals surface area contributed by atoms with Gasteiger partial charge >= 0.3 is 0 Å². The third kappa shape index (κ3) is 5.39. The van der Waals surface area contributed by atoms with Crippen LogP contribution < -0.4 is 0 Å². The summed E-state index contributed by atoms with van der Waals surface area (Å²) in [6.07, 6.45) is 0. The van der Waals surface area contributed by atoms with Gasteiger partial charge in [0.05, 0.1) is 0 Å². The molecule has 0 aromatic carbocycles. The van der Waals surface area contributed by atoms with E-state index in [2.05, 4.69) is 23.8 Å². The number of Topliss-reactive ketones (excluding diaryl/α,β-unsaturated/α-hetero) is 1. The molecule has 104 valence electrons. The summed E-state index contributed by atoms with van der Waals surface area (Å²) in [5, 5.41) is 0. The number of hydrogen-bond acceptors (Lipinski definition) is 3. The maximum atomic E-state index is 11.1. The molecule has 1 aromatic rings. The van der Waals surface area contributed by atoms with Gasteiger partial charge < -0.3 is 0 Å². The van der Waals surface area contributed by atoms with Crippen LogP contribution in [-0.2, 0) is 0 Å².